The first-order chi connectivity index (χ1) is 11.9. The van der Waals surface area contributed by atoms with E-state index in [9.17, 15) is 14.4 Å². The van der Waals surface area contributed by atoms with Crippen LogP contribution in [0.25, 0.3) is 5.69 Å². The molecule has 126 valence electrons. The maximum atomic E-state index is 13.1. The van der Waals surface area contributed by atoms with Crippen LogP contribution in [0, 0.1) is 31.0 Å². The molecule has 0 fully saturated rings. The molecule has 0 aliphatic carbocycles. The number of thiazole rings is 1. The van der Waals surface area contributed by atoms with Crippen molar-refractivity contribution in [3.8, 4) is 11.8 Å². The van der Waals surface area contributed by atoms with E-state index in [1.54, 1.807) is 19.2 Å². The average Bonchev–Trinajstić information content (AvgIpc) is 3.12. The lowest BCUT2D eigenvalue weighted by atomic mass is 10.00. The molecule has 0 aliphatic rings. The molecule has 2 heterocycles. The molecule has 0 saturated carbocycles. The molecule has 0 spiro atoms. The van der Waals surface area contributed by atoms with Crippen molar-refractivity contribution in [2.75, 3.05) is 0 Å². The summed E-state index contributed by atoms with van der Waals surface area (Å²) in [5, 5.41) is 16.0. The molecule has 3 rings (SSSR count). The van der Waals surface area contributed by atoms with Gasteiger partial charge in [-0.2, -0.15) is 10.4 Å². The highest BCUT2D eigenvalue weighted by molar-refractivity contribution is 7.10. The summed E-state index contributed by atoms with van der Waals surface area (Å²) in [6, 6.07) is 7.57. The molecule has 8 heteroatoms. The molecular weight excluding hydrogens is 363 g/mol. The molecule has 25 heavy (non-hydrogen) atoms. The molecular formula is C17H12ClFN4OS. The molecule has 1 unspecified atom stereocenters. The normalized spacial score (nSPS) is 12.0. The lowest BCUT2D eigenvalue weighted by Gasteiger charge is -2.06. The van der Waals surface area contributed by atoms with Crippen molar-refractivity contribution in [3.05, 3.63) is 62.6 Å². The number of nitrogens with zero attached hydrogens (tertiary/aromatic N) is 4. The number of Topliss-reactive ketones (excluding diaryl/α,β-unsaturated/α-hetero) is 1. The molecule has 0 N–H and O–H groups in total. The predicted molar refractivity (Wildman–Crippen MR) is 92.8 cm³/mol. The lowest BCUT2D eigenvalue weighted by Crippen LogP contribution is -2.12. The van der Waals surface area contributed by atoms with Crippen molar-refractivity contribution >= 4 is 28.7 Å². The highest BCUT2D eigenvalue weighted by Gasteiger charge is 2.30. The molecule has 0 aliphatic heterocycles. The number of hydrogen-bond donors (Lipinski definition) is 0. The van der Waals surface area contributed by atoms with Crippen molar-refractivity contribution in [1.82, 2.24) is 14.8 Å². The van der Waals surface area contributed by atoms with Gasteiger partial charge in [-0.25, -0.2) is 14.1 Å². The van der Waals surface area contributed by atoms with Crippen molar-refractivity contribution in [2.45, 2.75) is 19.8 Å². The van der Waals surface area contributed by atoms with E-state index >= 15 is 0 Å². The van der Waals surface area contributed by atoms with Gasteiger partial charge in [0.15, 0.2) is 11.7 Å². The first-order valence-electron chi connectivity index (χ1n) is 7.29. The van der Waals surface area contributed by atoms with Crippen LogP contribution >= 0.6 is 22.9 Å². The molecule has 0 saturated heterocycles. The van der Waals surface area contributed by atoms with Crippen LogP contribution in [0.4, 0.5) is 4.39 Å². The minimum Gasteiger partial charge on any atom is -0.292 e. The summed E-state index contributed by atoms with van der Waals surface area (Å²) in [7, 11) is 0. The van der Waals surface area contributed by atoms with Gasteiger partial charge in [0.25, 0.3) is 0 Å². The third-order valence-corrected chi connectivity index (χ3v) is 4.97. The van der Waals surface area contributed by atoms with Gasteiger partial charge < -0.3 is 0 Å². The van der Waals surface area contributed by atoms with Crippen LogP contribution in [0.15, 0.2) is 29.6 Å². The second kappa shape index (κ2) is 6.75. The number of hydrogen-bond acceptors (Lipinski definition) is 5. The van der Waals surface area contributed by atoms with E-state index in [2.05, 4.69) is 10.1 Å². The van der Waals surface area contributed by atoms with Gasteiger partial charge in [0.05, 0.1) is 23.0 Å². The highest BCUT2D eigenvalue weighted by Crippen LogP contribution is 2.30. The minimum absolute atomic E-state index is 0.0858. The molecule has 5 nitrogen and oxygen atoms in total. The number of rotatable bonds is 4. The van der Waals surface area contributed by atoms with Crippen LogP contribution < -0.4 is 0 Å². The first kappa shape index (κ1) is 17.3. The summed E-state index contributed by atoms with van der Waals surface area (Å²) >= 11 is 7.61. The van der Waals surface area contributed by atoms with E-state index in [0.717, 1.165) is 5.69 Å². The van der Waals surface area contributed by atoms with E-state index in [-0.39, 0.29) is 16.5 Å². The quantitative estimate of drug-likeness (QED) is 0.641. The van der Waals surface area contributed by atoms with Gasteiger partial charge in [0.1, 0.15) is 16.0 Å². The van der Waals surface area contributed by atoms with Crippen LogP contribution in [0.5, 0.6) is 0 Å². The Morgan fingerprint density at radius 1 is 1.36 bits per heavy atom. The Morgan fingerprint density at radius 2 is 2.04 bits per heavy atom. The third kappa shape index (κ3) is 3.18. The van der Waals surface area contributed by atoms with Gasteiger partial charge in [0.2, 0.25) is 0 Å². The zero-order chi connectivity index (χ0) is 18.1. The van der Waals surface area contributed by atoms with Gasteiger partial charge >= 0.3 is 0 Å². The summed E-state index contributed by atoms with van der Waals surface area (Å²) in [6.45, 7) is 3.43. The van der Waals surface area contributed by atoms with E-state index in [1.165, 1.54) is 40.3 Å². The fourth-order valence-electron chi connectivity index (χ4n) is 2.41. The van der Waals surface area contributed by atoms with E-state index in [4.69, 9.17) is 11.6 Å². The second-order valence-corrected chi connectivity index (χ2v) is 6.64. The van der Waals surface area contributed by atoms with Crippen molar-refractivity contribution < 1.29 is 9.18 Å². The number of benzene rings is 1. The van der Waals surface area contributed by atoms with Crippen LogP contribution in [0.1, 0.15) is 32.7 Å². The van der Waals surface area contributed by atoms with E-state index in [1.807, 2.05) is 6.07 Å². The Kier molecular flexibility index (Phi) is 4.66. The third-order valence-electron chi connectivity index (χ3n) is 3.60. The zero-order valence-electron chi connectivity index (χ0n) is 13.3. The SMILES string of the molecule is Cc1csc(C(C#N)C(=O)c2c(C)nn(-c3ccc(F)cc3)c2Cl)n1. The van der Waals surface area contributed by atoms with Gasteiger partial charge in [0, 0.05) is 11.1 Å². The number of halogens is 2. The summed E-state index contributed by atoms with van der Waals surface area (Å²) in [4.78, 5) is 17.1. The fraction of sp³-hybridized carbons (Fsp3) is 0.176. The Bertz CT molecular complexity index is 987. The first-order valence-corrected chi connectivity index (χ1v) is 8.55. The summed E-state index contributed by atoms with van der Waals surface area (Å²) < 4.78 is 14.5. The molecule has 1 atom stereocenters. The summed E-state index contributed by atoms with van der Waals surface area (Å²) in [5.41, 5.74) is 1.84. The number of aryl methyl sites for hydroxylation is 2. The Balaban J connectivity index is 2.04. The molecule has 0 amide bonds. The maximum absolute atomic E-state index is 13.1. The van der Waals surface area contributed by atoms with Crippen molar-refractivity contribution in [2.24, 2.45) is 0 Å². The Morgan fingerprint density at radius 3 is 2.60 bits per heavy atom. The van der Waals surface area contributed by atoms with Gasteiger partial charge in [-0.3, -0.25) is 4.79 Å². The molecule has 3 aromatic rings. The standard InChI is InChI=1S/C17H12ClFN4OS/c1-9-8-25-17(21-9)13(7-20)15(24)14-10(2)22-23(16(14)18)12-5-3-11(19)4-6-12/h3-6,8,13H,1-2H3. The maximum Gasteiger partial charge on any atom is 0.191 e. The van der Waals surface area contributed by atoms with Crippen LogP contribution in [0.2, 0.25) is 5.15 Å². The zero-order valence-corrected chi connectivity index (χ0v) is 14.9. The lowest BCUT2D eigenvalue weighted by molar-refractivity contribution is 0.0978. The monoisotopic (exact) mass is 374 g/mol. The largest absolute Gasteiger partial charge is 0.292 e. The van der Waals surface area contributed by atoms with Crippen LogP contribution in [-0.4, -0.2) is 20.5 Å². The predicted octanol–water partition coefficient (Wildman–Crippen LogP) is 4.23. The molecule has 1 aromatic carbocycles. The number of aromatic nitrogens is 3. The smallest absolute Gasteiger partial charge is 0.191 e. The van der Waals surface area contributed by atoms with E-state index in [0.29, 0.717) is 16.4 Å². The minimum atomic E-state index is -1.04. The summed E-state index contributed by atoms with van der Waals surface area (Å²) in [5.74, 6) is -1.88. The summed E-state index contributed by atoms with van der Waals surface area (Å²) in [6.07, 6.45) is 0. The van der Waals surface area contributed by atoms with Gasteiger partial charge in [-0.05, 0) is 38.1 Å². The van der Waals surface area contributed by atoms with Crippen molar-refractivity contribution in [1.29, 1.82) is 5.26 Å². The van der Waals surface area contributed by atoms with Crippen LogP contribution in [-0.2, 0) is 0 Å². The molecule has 0 bridgehead atoms. The Hall–Kier alpha value is -2.56. The van der Waals surface area contributed by atoms with Crippen molar-refractivity contribution in [3.63, 3.8) is 0 Å². The van der Waals surface area contributed by atoms with Gasteiger partial charge in [-0.1, -0.05) is 11.6 Å². The topological polar surface area (TPSA) is 71.6 Å². The fourth-order valence-corrected chi connectivity index (χ4v) is 3.61. The Labute approximate surface area is 152 Å². The average molecular weight is 375 g/mol. The van der Waals surface area contributed by atoms with Crippen LogP contribution in [0.3, 0.4) is 0 Å². The molecule has 0 radical (unpaired) electrons. The van der Waals surface area contributed by atoms with Gasteiger partial charge in [-0.15, -0.1) is 11.3 Å². The van der Waals surface area contributed by atoms with E-state index < -0.39 is 11.7 Å². The number of nitriles is 1. The second-order valence-electron chi connectivity index (χ2n) is 5.39. The highest BCUT2D eigenvalue weighted by atomic mass is 35.5. The number of carbonyl (C=O) groups is 1. The number of carbonyl (C=O) groups excluding carboxylic acids is 1. The number of ketones is 1. The molecule has 2 aromatic heterocycles.